The van der Waals surface area contributed by atoms with E-state index in [0.717, 1.165) is 23.7 Å². The molecule has 0 bridgehead atoms. The van der Waals surface area contributed by atoms with Crippen molar-refractivity contribution in [3.05, 3.63) is 11.1 Å². The molecule has 114 valence electrons. The van der Waals surface area contributed by atoms with E-state index in [9.17, 15) is 0 Å². The van der Waals surface area contributed by atoms with Crippen LogP contribution in [-0.4, -0.2) is 0 Å². The summed E-state index contributed by atoms with van der Waals surface area (Å²) in [7, 11) is 0. The van der Waals surface area contributed by atoms with Gasteiger partial charge >= 0.3 is 0 Å². The Labute approximate surface area is 123 Å². The quantitative estimate of drug-likeness (QED) is 0.400. The van der Waals surface area contributed by atoms with E-state index >= 15 is 0 Å². The van der Waals surface area contributed by atoms with Crippen LogP contribution in [-0.2, 0) is 0 Å². The van der Waals surface area contributed by atoms with Crippen molar-refractivity contribution in [1.82, 2.24) is 0 Å². The van der Waals surface area contributed by atoms with Crippen LogP contribution < -0.4 is 0 Å². The predicted octanol–water partition coefficient (Wildman–Crippen LogP) is 6.86. The summed E-state index contributed by atoms with van der Waals surface area (Å²) in [6, 6.07) is 0. The Morgan fingerprint density at radius 1 is 0.895 bits per heavy atom. The van der Waals surface area contributed by atoms with Crippen LogP contribution in [0.1, 0.15) is 87.5 Å². The number of hydrogen-bond acceptors (Lipinski definition) is 0. The van der Waals surface area contributed by atoms with Gasteiger partial charge in [0.1, 0.15) is 0 Å². The van der Waals surface area contributed by atoms with E-state index in [-0.39, 0.29) is 0 Å². The highest BCUT2D eigenvalue weighted by Crippen LogP contribution is 2.34. The standard InChI is InChI=1S/C19H38/c1-9-11-16(6)19(18(8)15(5)10-2)17(7)13-12-14(3)4/h14-16,18H,9-13H2,1-8H3. The predicted molar refractivity (Wildman–Crippen MR) is 89.5 cm³/mol. The summed E-state index contributed by atoms with van der Waals surface area (Å²) in [5.74, 6) is 3.14. The Morgan fingerprint density at radius 2 is 1.47 bits per heavy atom. The van der Waals surface area contributed by atoms with Crippen molar-refractivity contribution in [3.8, 4) is 0 Å². The highest BCUT2D eigenvalue weighted by atomic mass is 14.3. The molecule has 0 saturated heterocycles. The lowest BCUT2D eigenvalue weighted by molar-refractivity contribution is 0.381. The van der Waals surface area contributed by atoms with E-state index in [0.29, 0.717) is 0 Å². The molecule has 3 atom stereocenters. The van der Waals surface area contributed by atoms with Crippen molar-refractivity contribution in [2.75, 3.05) is 0 Å². The smallest absolute Gasteiger partial charge is 0.0201 e. The Balaban J connectivity index is 5.07. The SMILES string of the molecule is CCCC(C)C(=C(C)CCC(C)C)C(C)C(C)CC. The zero-order valence-electron chi connectivity index (χ0n) is 14.8. The summed E-state index contributed by atoms with van der Waals surface area (Å²) in [5.41, 5.74) is 3.46. The third-order valence-electron chi connectivity index (χ3n) is 4.83. The van der Waals surface area contributed by atoms with Crippen LogP contribution in [0.5, 0.6) is 0 Å². The summed E-state index contributed by atoms with van der Waals surface area (Å²) in [6.45, 7) is 19.0. The van der Waals surface area contributed by atoms with E-state index in [1.165, 1.54) is 32.1 Å². The van der Waals surface area contributed by atoms with Gasteiger partial charge in [-0.3, -0.25) is 0 Å². The Morgan fingerprint density at radius 3 is 1.89 bits per heavy atom. The first-order valence-corrected chi connectivity index (χ1v) is 8.54. The van der Waals surface area contributed by atoms with Crippen molar-refractivity contribution in [3.63, 3.8) is 0 Å². The molecule has 0 rings (SSSR count). The molecule has 0 radical (unpaired) electrons. The monoisotopic (exact) mass is 266 g/mol. The van der Waals surface area contributed by atoms with Crippen LogP contribution in [0, 0.1) is 23.7 Å². The average Bonchev–Trinajstić information content (AvgIpc) is 2.35. The fourth-order valence-corrected chi connectivity index (χ4v) is 3.16. The average molecular weight is 267 g/mol. The van der Waals surface area contributed by atoms with Gasteiger partial charge in [0.15, 0.2) is 0 Å². The summed E-state index contributed by atoms with van der Waals surface area (Å²) in [4.78, 5) is 0. The first kappa shape index (κ1) is 18.7. The fourth-order valence-electron chi connectivity index (χ4n) is 3.16. The number of hydrogen-bond donors (Lipinski definition) is 0. The molecule has 0 nitrogen and oxygen atoms in total. The van der Waals surface area contributed by atoms with Crippen LogP contribution >= 0.6 is 0 Å². The molecule has 19 heavy (non-hydrogen) atoms. The highest BCUT2D eigenvalue weighted by Gasteiger charge is 2.21. The molecular formula is C19H38. The van der Waals surface area contributed by atoms with Gasteiger partial charge in [-0.05, 0) is 49.9 Å². The van der Waals surface area contributed by atoms with Crippen molar-refractivity contribution in [1.29, 1.82) is 0 Å². The van der Waals surface area contributed by atoms with Gasteiger partial charge in [-0.15, -0.1) is 0 Å². The Bertz CT molecular complexity index is 259. The zero-order chi connectivity index (χ0) is 15.0. The minimum Gasteiger partial charge on any atom is -0.0736 e. The molecule has 0 spiro atoms. The maximum absolute atomic E-state index is 2.45. The molecule has 0 aromatic carbocycles. The van der Waals surface area contributed by atoms with E-state index in [4.69, 9.17) is 0 Å². The summed E-state index contributed by atoms with van der Waals surface area (Å²) >= 11 is 0. The molecule has 0 aromatic heterocycles. The number of allylic oxidation sites excluding steroid dienone is 2. The van der Waals surface area contributed by atoms with E-state index in [1.54, 1.807) is 11.1 Å². The van der Waals surface area contributed by atoms with Crippen molar-refractivity contribution < 1.29 is 0 Å². The van der Waals surface area contributed by atoms with Gasteiger partial charge in [-0.1, -0.05) is 72.5 Å². The molecular weight excluding hydrogens is 228 g/mol. The second-order valence-electron chi connectivity index (χ2n) is 7.03. The maximum Gasteiger partial charge on any atom is -0.0201 e. The van der Waals surface area contributed by atoms with Crippen molar-refractivity contribution >= 4 is 0 Å². The Hall–Kier alpha value is -0.260. The molecule has 0 aromatic rings. The molecule has 0 aliphatic carbocycles. The van der Waals surface area contributed by atoms with Crippen LogP contribution in [0.4, 0.5) is 0 Å². The topological polar surface area (TPSA) is 0 Å². The summed E-state index contributed by atoms with van der Waals surface area (Å²) in [5, 5.41) is 0. The molecule has 0 N–H and O–H groups in total. The first-order valence-electron chi connectivity index (χ1n) is 8.54. The van der Waals surface area contributed by atoms with Crippen molar-refractivity contribution in [2.24, 2.45) is 23.7 Å². The third kappa shape index (κ3) is 6.63. The molecule has 0 aliphatic rings. The summed E-state index contributed by atoms with van der Waals surface area (Å²) < 4.78 is 0. The lowest BCUT2D eigenvalue weighted by Crippen LogP contribution is -2.17. The number of rotatable bonds is 9. The fraction of sp³-hybridized carbons (Fsp3) is 0.895. The summed E-state index contributed by atoms with van der Waals surface area (Å²) in [6.07, 6.45) is 6.56. The van der Waals surface area contributed by atoms with E-state index in [1.807, 2.05) is 0 Å². The molecule has 0 heterocycles. The van der Waals surface area contributed by atoms with E-state index in [2.05, 4.69) is 55.4 Å². The van der Waals surface area contributed by atoms with Gasteiger partial charge in [-0.2, -0.15) is 0 Å². The highest BCUT2D eigenvalue weighted by molar-refractivity contribution is 5.18. The van der Waals surface area contributed by atoms with Crippen LogP contribution in [0.15, 0.2) is 11.1 Å². The van der Waals surface area contributed by atoms with Gasteiger partial charge in [-0.25, -0.2) is 0 Å². The molecule has 0 fully saturated rings. The van der Waals surface area contributed by atoms with Crippen molar-refractivity contribution in [2.45, 2.75) is 87.5 Å². The molecule has 0 saturated carbocycles. The maximum atomic E-state index is 2.45. The van der Waals surface area contributed by atoms with Gasteiger partial charge in [0, 0.05) is 0 Å². The minimum absolute atomic E-state index is 0.749. The van der Waals surface area contributed by atoms with Gasteiger partial charge in [0.2, 0.25) is 0 Å². The van der Waals surface area contributed by atoms with Crippen LogP contribution in [0.25, 0.3) is 0 Å². The second kappa shape index (κ2) is 9.61. The van der Waals surface area contributed by atoms with Gasteiger partial charge < -0.3 is 0 Å². The largest absolute Gasteiger partial charge is 0.0736 e. The van der Waals surface area contributed by atoms with Crippen LogP contribution in [0.3, 0.4) is 0 Å². The van der Waals surface area contributed by atoms with Gasteiger partial charge in [0.25, 0.3) is 0 Å². The first-order chi connectivity index (χ1) is 8.84. The normalized spacial score (nSPS) is 18.2. The minimum atomic E-state index is 0.749. The lowest BCUT2D eigenvalue weighted by atomic mass is 9.76. The van der Waals surface area contributed by atoms with Crippen LogP contribution in [0.2, 0.25) is 0 Å². The molecule has 0 amide bonds. The molecule has 3 unspecified atom stereocenters. The molecule has 0 heteroatoms. The zero-order valence-corrected chi connectivity index (χ0v) is 14.8. The second-order valence-corrected chi connectivity index (χ2v) is 7.03. The molecule has 0 aliphatic heterocycles. The third-order valence-corrected chi connectivity index (χ3v) is 4.83. The van der Waals surface area contributed by atoms with E-state index < -0.39 is 0 Å². The Kier molecular flexibility index (Phi) is 9.48. The lowest BCUT2D eigenvalue weighted by Gasteiger charge is -2.29. The van der Waals surface area contributed by atoms with Gasteiger partial charge in [0.05, 0.1) is 0 Å².